The van der Waals surface area contributed by atoms with Crippen LogP contribution in [0.5, 0.6) is 0 Å². The SMILES string of the molecule is Cc1ccc(C(=O)N2CCC[C@]2(C)C(=O)O)cc1Cl. The van der Waals surface area contributed by atoms with E-state index in [0.29, 0.717) is 30.0 Å². The van der Waals surface area contributed by atoms with Gasteiger partial charge in [-0.15, -0.1) is 0 Å². The second-order valence-electron chi connectivity index (χ2n) is 5.10. The summed E-state index contributed by atoms with van der Waals surface area (Å²) < 4.78 is 0. The molecule has 1 aliphatic heterocycles. The Kier molecular flexibility index (Phi) is 3.54. The molecule has 5 heteroatoms. The molecule has 1 aromatic rings. The van der Waals surface area contributed by atoms with Crippen molar-refractivity contribution in [2.75, 3.05) is 6.54 Å². The summed E-state index contributed by atoms with van der Waals surface area (Å²) in [5, 5.41) is 9.83. The minimum absolute atomic E-state index is 0.274. The number of likely N-dealkylation sites (tertiary alicyclic amines) is 1. The smallest absolute Gasteiger partial charge is 0.329 e. The van der Waals surface area contributed by atoms with Crippen molar-refractivity contribution in [3.63, 3.8) is 0 Å². The zero-order valence-electron chi connectivity index (χ0n) is 10.9. The fourth-order valence-electron chi connectivity index (χ4n) is 2.39. The van der Waals surface area contributed by atoms with Gasteiger partial charge in [-0.3, -0.25) is 4.79 Å². The molecular formula is C14H16ClNO3. The Labute approximate surface area is 117 Å². The predicted molar refractivity (Wildman–Crippen MR) is 72.5 cm³/mol. The number of benzene rings is 1. The molecule has 0 radical (unpaired) electrons. The topological polar surface area (TPSA) is 57.6 Å². The molecule has 1 saturated heterocycles. The van der Waals surface area contributed by atoms with Crippen molar-refractivity contribution in [2.45, 2.75) is 32.2 Å². The van der Waals surface area contributed by atoms with Crippen molar-refractivity contribution in [1.82, 2.24) is 4.90 Å². The Morgan fingerprint density at radius 3 is 2.68 bits per heavy atom. The Morgan fingerprint density at radius 1 is 1.42 bits per heavy atom. The molecule has 1 heterocycles. The highest BCUT2D eigenvalue weighted by Gasteiger charge is 2.46. The van der Waals surface area contributed by atoms with Crippen molar-refractivity contribution in [3.8, 4) is 0 Å². The fourth-order valence-corrected chi connectivity index (χ4v) is 2.57. The molecule has 0 spiro atoms. The van der Waals surface area contributed by atoms with Crippen molar-refractivity contribution in [1.29, 1.82) is 0 Å². The van der Waals surface area contributed by atoms with Crippen LogP contribution in [-0.4, -0.2) is 34.0 Å². The monoisotopic (exact) mass is 281 g/mol. The van der Waals surface area contributed by atoms with Gasteiger partial charge in [0.15, 0.2) is 0 Å². The molecule has 0 aromatic heterocycles. The molecule has 4 nitrogen and oxygen atoms in total. The molecule has 2 rings (SSSR count). The average molecular weight is 282 g/mol. The van der Waals surface area contributed by atoms with Gasteiger partial charge in [-0.05, 0) is 44.4 Å². The Balaban J connectivity index is 2.33. The van der Waals surface area contributed by atoms with Gasteiger partial charge in [0.2, 0.25) is 0 Å². The summed E-state index contributed by atoms with van der Waals surface area (Å²) >= 11 is 6.01. The lowest BCUT2D eigenvalue weighted by molar-refractivity contribution is -0.147. The van der Waals surface area contributed by atoms with Gasteiger partial charge in [0.05, 0.1) is 0 Å². The highest BCUT2D eigenvalue weighted by atomic mass is 35.5. The maximum Gasteiger partial charge on any atom is 0.329 e. The molecule has 0 unspecified atom stereocenters. The van der Waals surface area contributed by atoms with Crippen molar-refractivity contribution >= 4 is 23.5 Å². The van der Waals surface area contributed by atoms with Crippen LogP contribution in [0.2, 0.25) is 5.02 Å². The Hall–Kier alpha value is -1.55. The van der Waals surface area contributed by atoms with E-state index in [4.69, 9.17) is 11.6 Å². The maximum atomic E-state index is 12.4. The van der Waals surface area contributed by atoms with Gasteiger partial charge in [0, 0.05) is 17.1 Å². The number of hydrogen-bond donors (Lipinski definition) is 1. The molecule has 1 aliphatic rings. The number of aliphatic carboxylic acids is 1. The number of rotatable bonds is 2. The molecule has 0 aliphatic carbocycles. The molecular weight excluding hydrogens is 266 g/mol. The van der Waals surface area contributed by atoms with E-state index < -0.39 is 11.5 Å². The molecule has 1 fully saturated rings. The number of aryl methyl sites for hydroxylation is 1. The highest BCUT2D eigenvalue weighted by molar-refractivity contribution is 6.31. The normalized spacial score (nSPS) is 22.6. The molecule has 1 aromatic carbocycles. The first kappa shape index (κ1) is 13.9. The molecule has 1 amide bonds. The van der Waals surface area contributed by atoms with E-state index in [2.05, 4.69) is 0 Å². The number of carboxylic acid groups (broad SMARTS) is 1. The summed E-state index contributed by atoms with van der Waals surface area (Å²) in [5.74, 6) is -1.24. The largest absolute Gasteiger partial charge is 0.480 e. The number of carboxylic acids is 1. The fraction of sp³-hybridized carbons (Fsp3) is 0.429. The van der Waals surface area contributed by atoms with Crippen molar-refractivity contribution in [2.24, 2.45) is 0 Å². The van der Waals surface area contributed by atoms with E-state index >= 15 is 0 Å². The van der Waals surface area contributed by atoms with E-state index in [9.17, 15) is 14.7 Å². The minimum atomic E-state index is -1.12. The minimum Gasteiger partial charge on any atom is -0.480 e. The van der Waals surface area contributed by atoms with E-state index in [1.54, 1.807) is 25.1 Å². The van der Waals surface area contributed by atoms with Crippen LogP contribution >= 0.6 is 11.6 Å². The van der Waals surface area contributed by atoms with E-state index in [0.717, 1.165) is 5.56 Å². The first-order valence-corrected chi connectivity index (χ1v) is 6.55. The maximum absolute atomic E-state index is 12.4. The number of nitrogens with zero attached hydrogens (tertiary/aromatic N) is 1. The van der Waals surface area contributed by atoms with E-state index in [1.807, 2.05) is 6.92 Å². The van der Waals surface area contributed by atoms with Gasteiger partial charge in [-0.25, -0.2) is 4.79 Å². The van der Waals surface area contributed by atoms with Gasteiger partial charge < -0.3 is 10.0 Å². The van der Waals surface area contributed by atoms with Crippen molar-refractivity contribution < 1.29 is 14.7 Å². The van der Waals surface area contributed by atoms with Crippen LogP contribution in [0.3, 0.4) is 0 Å². The lowest BCUT2D eigenvalue weighted by atomic mass is 9.98. The lowest BCUT2D eigenvalue weighted by Gasteiger charge is -2.31. The molecule has 0 bridgehead atoms. The molecule has 1 atom stereocenters. The number of hydrogen-bond acceptors (Lipinski definition) is 2. The summed E-state index contributed by atoms with van der Waals surface area (Å²) in [6.07, 6.45) is 1.18. The van der Waals surface area contributed by atoms with Crippen LogP contribution in [0.25, 0.3) is 0 Å². The second-order valence-corrected chi connectivity index (χ2v) is 5.51. The van der Waals surface area contributed by atoms with Crippen LogP contribution in [0.4, 0.5) is 0 Å². The number of carbonyl (C=O) groups is 2. The third-order valence-corrected chi connectivity index (χ3v) is 4.17. The zero-order chi connectivity index (χ0) is 14.2. The van der Waals surface area contributed by atoms with Gasteiger partial charge in [-0.2, -0.15) is 0 Å². The Bertz CT molecular complexity index is 543. The Morgan fingerprint density at radius 2 is 2.11 bits per heavy atom. The quantitative estimate of drug-likeness (QED) is 0.907. The second kappa shape index (κ2) is 4.85. The summed E-state index contributed by atoms with van der Waals surface area (Å²) in [6.45, 7) is 3.91. The summed E-state index contributed by atoms with van der Waals surface area (Å²) in [6, 6.07) is 5.05. The predicted octanol–water partition coefficient (Wildman–Crippen LogP) is 2.73. The van der Waals surface area contributed by atoms with Gasteiger partial charge >= 0.3 is 5.97 Å². The van der Waals surface area contributed by atoms with Crippen LogP contribution in [0.15, 0.2) is 18.2 Å². The van der Waals surface area contributed by atoms with Crippen LogP contribution in [0.1, 0.15) is 35.7 Å². The van der Waals surface area contributed by atoms with E-state index in [-0.39, 0.29) is 5.91 Å². The van der Waals surface area contributed by atoms with Crippen LogP contribution in [-0.2, 0) is 4.79 Å². The lowest BCUT2D eigenvalue weighted by Crippen LogP contribution is -2.50. The summed E-state index contributed by atoms with van der Waals surface area (Å²) in [4.78, 5) is 25.2. The standard InChI is InChI=1S/C14H16ClNO3/c1-9-4-5-10(8-11(9)15)12(17)16-7-3-6-14(16,2)13(18)19/h4-5,8H,3,6-7H2,1-2H3,(H,18,19)/t14-/m1/s1. The third-order valence-electron chi connectivity index (χ3n) is 3.77. The van der Waals surface area contributed by atoms with Gasteiger partial charge in [0.25, 0.3) is 5.91 Å². The molecule has 0 saturated carbocycles. The first-order valence-electron chi connectivity index (χ1n) is 6.18. The number of amides is 1. The summed E-state index contributed by atoms with van der Waals surface area (Å²) in [5.41, 5.74) is 0.208. The van der Waals surface area contributed by atoms with Crippen molar-refractivity contribution in [3.05, 3.63) is 34.3 Å². The number of carbonyl (C=O) groups excluding carboxylic acids is 1. The first-order chi connectivity index (χ1) is 8.86. The summed E-state index contributed by atoms with van der Waals surface area (Å²) in [7, 11) is 0. The van der Waals surface area contributed by atoms with Gasteiger partial charge in [-0.1, -0.05) is 17.7 Å². The average Bonchev–Trinajstić information content (AvgIpc) is 2.75. The zero-order valence-corrected chi connectivity index (χ0v) is 11.7. The highest BCUT2D eigenvalue weighted by Crippen LogP contribution is 2.31. The van der Waals surface area contributed by atoms with Crippen LogP contribution in [0, 0.1) is 6.92 Å². The van der Waals surface area contributed by atoms with Gasteiger partial charge in [0.1, 0.15) is 5.54 Å². The molecule has 19 heavy (non-hydrogen) atoms. The van der Waals surface area contributed by atoms with E-state index in [1.165, 1.54) is 4.90 Å². The molecule has 102 valence electrons. The third kappa shape index (κ3) is 2.32. The number of halogens is 1. The molecule has 1 N–H and O–H groups in total. The van der Waals surface area contributed by atoms with Crippen LogP contribution < -0.4 is 0 Å².